The van der Waals surface area contributed by atoms with Crippen LogP contribution in [0.3, 0.4) is 0 Å². The molecular formula is C31H42FN5O5. The summed E-state index contributed by atoms with van der Waals surface area (Å²) in [6, 6.07) is 5.70. The van der Waals surface area contributed by atoms with E-state index in [0.29, 0.717) is 82.9 Å². The van der Waals surface area contributed by atoms with Crippen LogP contribution in [0.25, 0.3) is 5.57 Å². The fourth-order valence-electron chi connectivity index (χ4n) is 5.65. The number of ether oxygens (including phenoxy) is 2. The summed E-state index contributed by atoms with van der Waals surface area (Å²) in [6.45, 7) is 8.83. The summed E-state index contributed by atoms with van der Waals surface area (Å²) in [5, 5.41) is 6.96. The van der Waals surface area contributed by atoms with Gasteiger partial charge in [0.15, 0.2) is 17.4 Å². The highest BCUT2D eigenvalue weighted by Gasteiger charge is 2.26. The van der Waals surface area contributed by atoms with Gasteiger partial charge in [0.25, 0.3) is 0 Å². The summed E-state index contributed by atoms with van der Waals surface area (Å²) in [5.74, 6) is 1.04. The lowest BCUT2D eigenvalue weighted by Gasteiger charge is -2.30. The molecule has 10 nitrogen and oxygen atoms in total. The van der Waals surface area contributed by atoms with Gasteiger partial charge in [0, 0.05) is 51.0 Å². The summed E-state index contributed by atoms with van der Waals surface area (Å²) >= 11 is 0. The molecule has 11 heteroatoms. The van der Waals surface area contributed by atoms with Crippen LogP contribution in [-0.2, 0) is 14.3 Å². The number of hydrogen-bond donors (Lipinski definition) is 1. The summed E-state index contributed by atoms with van der Waals surface area (Å²) in [6.07, 6.45) is 6.13. The molecule has 1 atom stereocenters. The van der Waals surface area contributed by atoms with Crippen molar-refractivity contribution in [1.29, 1.82) is 0 Å². The molecule has 1 aromatic heterocycles. The first-order chi connectivity index (χ1) is 20.4. The smallest absolute Gasteiger partial charge is 0.324 e. The van der Waals surface area contributed by atoms with Crippen LogP contribution in [0, 0.1) is 17.7 Å². The average molecular weight is 584 g/mol. The lowest BCUT2D eigenvalue weighted by Crippen LogP contribution is -2.42. The number of carbonyl (C=O) groups excluding carboxylic acids is 2. The van der Waals surface area contributed by atoms with E-state index in [2.05, 4.69) is 20.4 Å². The van der Waals surface area contributed by atoms with Crippen molar-refractivity contribution in [2.24, 2.45) is 11.8 Å². The predicted octanol–water partition coefficient (Wildman–Crippen LogP) is 4.18. The second kappa shape index (κ2) is 14.1. The maximum absolute atomic E-state index is 15.0. The molecule has 2 fully saturated rings. The standard InChI is InChI=1S/C31H42FN5O5/c1-21(2)29-34-31(42-35-29)37-13-10-22(11-14-37)20-41-27-8-7-25(19-26(27)32)23-3-5-24(6-4-23)30(39)33-12-9-28(38)36-15-17-40-18-16-36/h3,7-8,19,21-22,24H,4-6,9-18,20H2,1-2H3,(H,33,39). The highest BCUT2D eigenvalue weighted by Crippen LogP contribution is 2.33. The molecular weight excluding hydrogens is 541 g/mol. The Bertz CT molecular complexity index is 1250. The minimum Gasteiger partial charge on any atom is -0.490 e. The summed E-state index contributed by atoms with van der Waals surface area (Å²) in [7, 11) is 0. The molecule has 0 spiro atoms. The molecule has 0 saturated carbocycles. The molecule has 42 heavy (non-hydrogen) atoms. The molecule has 1 aliphatic carbocycles. The van der Waals surface area contributed by atoms with Crippen molar-refractivity contribution >= 4 is 23.4 Å². The second-order valence-corrected chi connectivity index (χ2v) is 11.7. The number of halogens is 1. The number of benzene rings is 1. The Balaban J connectivity index is 1.03. The van der Waals surface area contributed by atoms with Gasteiger partial charge < -0.3 is 29.1 Å². The SMILES string of the molecule is CC(C)c1noc(N2CCC(COc3ccc(C4=CCC(C(=O)NCCC(=O)N5CCOCC5)CC4)cc3F)CC2)n1. The lowest BCUT2D eigenvalue weighted by atomic mass is 9.86. The monoisotopic (exact) mass is 583 g/mol. The Morgan fingerprint density at radius 3 is 2.60 bits per heavy atom. The number of piperidine rings is 1. The maximum atomic E-state index is 15.0. The largest absolute Gasteiger partial charge is 0.490 e. The maximum Gasteiger partial charge on any atom is 0.324 e. The molecule has 228 valence electrons. The molecule has 1 unspecified atom stereocenters. The third-order valence-electron chi connectivity index (χ3n) is 8.39. The molecule has 3 heterocycles. The van der Waals surface area contributed by atoms with Crippen molar-refractivity contribution in [2.45, 2.75) is 58.3 Å². The van der Waals surface area contributed by atoms with E-state index in [-0.39, 0.29) is 35.2 Å². The van der Waals surface area contributed by atoms with Gasteiger partial charge in [0.05, 0.1) is 19.8 Å². The first-order valence-electron chi connectivity index (χ1n) is 15.2. The van der Waals surface area contributed by atoms with Gasteiger partial charge in [-0.1, -0.05) is 31.1 Å². The highest BCUT2D eigenvalue weighted by molar-refractivity contribution is 5.82. The summed E-state index contributed by atoms with van der Waals surface area (Å²) < 4.78 is 31.5. The number of morpholine rings is 1. The lowest BCUT2D eigenvalue weighted by molar-refractivity contribution is -0.135. The number of anilines is 1. The molecule has 3 aliphatic rings. The molecule has 0 bridgehead atoms. The van der Waals surface area contributed by atoms with Crippen LogP contribution >= 0.6 is 0 Å². The number of amides is 2. The van der Waals surface area contributed by atoms with Gasteiger partial charge in [0.1, 0.15) is 0 Å². The van der Waals surface area contributed by atoms with Gasteiger partial charge >= 0.3 is 6.01 Å². The minimum atomic E-state index is -0.372. The predicted molar refractivity (Wildman–Crippen MR) is 156 cm³/mol. The van der Waals surface area contributed by atoms with Crippen LogP contribution in [0.1, 0.15) is 69.7 Å². The first kappa shape index (κ1) is 30.0. The van der Waals surface area contributed by atoms with Gasteiger partial charge in [0.2, 0.25) is 11.8 Å². The zero-order valence-electron chi connectivity index (χ0n) is 24.6. The van der Waals surface area contributed by atoms with Crippen molar-refractivity contribution in [3.63, 3.8) is 0 Å². The average Bonchev–Trinajstić information content (AvgIpc) is 3.52. The van der Waals surface area contributed by atoms with Gasteiger partial charge in [-0.3, -0.25) is 9.59 Å². The van der Waals surface area contributed by atoms with Gasteiger partial charge in [-0.2, -0.15) is 4.98 Å². The molecule has 5 rings (SSSR count). The zero-order valence-corrected chi connectivity index (χ0v) is 24.6. The Labute approximate surface area is 246 Å². The Morgan fingerprint density at radius 1 is 1.14 bits per heavy atom. The van der Waals surface area contributed by atoms with Crippen molar-refractivity contribution < 1.29 is 28.0 Å². The number of aromatic nitrogens is 2. The Hall–Kier alpha value is -3.47. The number of carbonyl (C=O) groups is 2. The fraction of sp³-hybridized carbons (Fsp3) is 0.613. The van der Waals surface area contributed by atoms with Crippen molar-refractivity contribution in [3.8, 4) is 5.75 Å². The number of nitrogens with one attached hydrogen (secondary N) is 1. The topological polar surface area (TPSA) is 110 Å². The van der Waals surface area contributed by atoms with Crippen molar-refractivity contribution in [2.75, 3.05) is 57.4 Å². The van der Waals surface area contributed by atoms with E-state index in [9.17, 15) is 14.0 Å². The summed E-state index contributed by atoms with van der Waals surface area (Å²) in [5.41, 5.74) is 1.87. The van der Waals surface area contributed by atoms with E-state index in [4.69, 9.17) is 14.0 Å². The molecule has 2 amide bonds. The number of nitrogens with zero attached hydrogens (tertiary/aromatic N) is 4. The highest BCUT2D eigenvalue weighted by atomic mass is 19.1. The molecule has 2 aliphatic heterocycles. The van der Waals surface area contributed by atoms with E-state index in [1.165, 1.54) is 6.07 Å². The molecule has 2 saturated heterocycles. The van der Waals surface area contributed by atoms with Crippen LogP contribution in [-0.4, -0.2) is 79.4 Å². The molecule has 1 N–H and O–H groups in total. The number of rotatable bonds is 10. The molecule has 0 radical (unpaired) electrons. The van der Waals surface area contributed by atoms with E-state index in [1.807, 2.05) is 26.0 Å². The van der Waals surface area contributed by atoms with Gasteiger partial charge in [-0.15, -0.1) is 0 Å². The summed E-state index contributed by atoms with van der Waals surface area (Å²) in [4.78, 5) is 33.3. The number of hydrogen-bond acceptors (Lipinski definition) is 8. The van der Waals surface area contributed by atoms with Crippen molar-refractivity contribution in [3.05, 3.63) is 41.5 Å². The Morgan fingerprint density at radius 2 is 1.93 bits per heavy atom. The van der Waals surface area contributed by atoms with Gasteiger partial charge in [-0.25, -0.2) is 4.39 Å². The van der Waals surface area contributed by atoms with E-state index < -0.39 is 0 Å². The first-order valence-corrected chi connectivity index (χ1v) is 15.2. The van der Waals surface area contributed by atoms with Crippen LogP contribution in [0.5, 0.6) is 5.75 Å². The van der Waals surface area contributed by atoms with E-state index >= 15 is 0 Å². The third kappa shape index (κ3) is 7.67. The second-order valence-electron chi connectivity index (χ2n) is 11.7. The zero-order chi connectivity index (χ0) is 29.5. The van der Waals surface area contributed by atoms with Crippen molar-refractivity contribution in [1.82, 2.24) is 20.4 Å². The van der Waals surface area contributed by atoms with E-state index in [0.717, 1.165) is 37.1 Å². The van der Waals surface area contributed by atoms with Crippen LogP contribution < -0.4 is 15.0 Å². The fourth-order valence-corrected chi connectivity index (χ4v) is 5.65. The van der Waals surface area contributed by atoms with Gasteiger partial charge in [-0.05, 0) is 61.3 Å². The van der Waals surface area contributed by atoms with E-state index in [1.54, 1.807) is 11.0 Å². The molecule has 2 aromatic rings. The quantitative estimate of drug-likeness (QED) is 0.444. The Kier molecular flexibility index (Phi) is 10.1. The normalized spacial score (nSPS) is 20.0. The molecule has 1 aromatic carbocycles. The van der Waals surface area contributed by atoms with Crippen LogP contribution in [0.2, 0.25) is 0 Å². The number of allylic oxidation sites excluding steroid dienone is 2. The third-order valence-corrected chi connectivity index (χ3v) is 8.39. The van der Waals surface area contributed by atoms with Crippen LogP contribution in [0.15, 0.2) is 28.8 Å². The minimum absolute atomic E-state index is 0.0294. The van der Waals surface area contributed by atoms with Crippen LogP contribution in [0.4, 0.5) is 10.4 Å².